The Bertz CT molecular complexity index is 576. The van der Waals surface area contributed by atoms with Gasteiger partial charge < -0.3 is 9.30 Å². The van der Waals surface area contributed by atoms with E-state index in [1.165, 1.54) is 0 Å². The lowest BCUT2D eigenvalue weighted by atomic mass is 10.1. The van der Waals surface area contributed by atoms with Crippen LogP contribution in [0.15, 0.2) is 18.2 Å². The van der Waals surface area contributed by atoms with Crippen molar-refractivity contribution in [3.05, 3.63) is 29.5 Å². The number of nitrogens with zero attached hydrogens (tertiary/aromatic N) is 2. The molecular weight excluding hydrogens is 224 g/mol. The van der Waals surface area contributed by atoms with Crippen molar-refractivity contribution >= 4 is 10.9 Å². The third kappa shape index (κ3) is 2.19. The maximum Gasteiger partial charge on any atom is 0.120 e. The van der Waals surface area contributed by atoms with E-state index in [-0.39, 0.29) is 14.9 Å². The van der Waals surface area contributed by atoms with Gasteiger partial charge in [0, 0.05) is 23.7 Å². The standard InChI is InChI=1S/C13H14N2O.2CH4/c1-4-15-9(2)12(8-14)11-6-5-10(16-3)7-13(11)15;;/h5-7H,4H2,1-3H3;2*1H4. The van der Waals surface area contributed by atoms with E-state index in [1.54, 1.807) is 7.11 Å². The van der Waals surface area contributed by atoms with E-state index < -0.39 is 0 Å². The van der Waals surface area contributed by atoms with E-state index in [2.05, 4.69) is 17.6 Å². The molecule has 0 unspecified atom stereocenters. The molecule has 18 heavy (non-hydrogen) atoms. The Labute approximate surface area is 110 Å². The maximum absolute atomic E-state index is 9.16. The van der Waals surface area contributed by atoms with Crippen molar-refractivity contribution < 1.29 is 4.74 Å². The first-order valence-electron chi connectivity index (χ1n) is 5.29. The van der Waals surface area contributed by atoms with E-state index in [0.29, 0.717) is 0 Å². The number of hydrogen-bond acceptors (Lipinski definition) is 2. The molecule has 0 saturated heterocycles. The van der Waals surface area contributed by atoms with Crippen molar-refractivity contribution in [2.24, 2.45) is 0 Å². The van der Waals surface area contributed by atoms with Crippen LogP contribution in [0.4, 0.5) is 0 Å². The number of hydrogen-bond donors (Lipinski definition) is 0. The predicted molar refractivity (Wildman–Crippen MR) is 77.1 cm³/mol. The molecule has 1 heterocycles. The third-order valence-corrected chi connectivity index (χ3v) is 2.96. The summed E-state index contributed by atoms with van der Waals surface area (Å²) >= 11 is 0. The Hall–Kier alpha value is -1.95. The minimum absolute atomic E-state index is 0. The fourth-order valence-corrected chi connectivity index (χ4v) is 2.13. The molecule has 3 heteroatoms. The summed E-state index contributed by atoms with van der Waals surface area (Å²) in [5, 5.41) is 10.2. The zero-order chi connectivity index (χ0) is 11.7. The van der Waals surface area contributed by atoms with Gasteiger partial charge in [0.05, 0.1) is 18.2 Å². The van der Waals surface area contributed by atoms with Crippen molar-refractivity contribution in [3.8, 4) is 11.8 Å². The second-order valence-corrected chi connectivity index (χ2v) is 3.70. The first-order chi connectivity index (χ1) is 7.72. The number of aromatic nitrogens is 1. The Kier molecular flexibility index (Phi) is 5.45. The molecule has 0 fully saturated rings. The topological polar surface area (TPSA) is 38.0 Å². The van der Waals surface area contributed by atoms with E-state index >= 15 is 0 Å². The SMILES string of the molecule is C.C.CCn1c(C)c(C#N)c2ccc(OC)cc21. The Morgan fingerprint density at radius 3 is 2.50 bits per heavy atom. The van der Waals surface area contributed by atoms with Gasteiger partial charge in [0.1, 0.15) is 11.8 Å². The second kappa shape index (κ2) is 6.11. The van der Waals surface area contributed by atoms with Crippen LogP contribution in [0.25, 0.3) is 10.9 Å². The van der Waals surface area contributed by atoms with Gasteiger partial charge in [-0.1, -0.05) is 14.9 Å². The largest absolute Gasteiger partial charge is 0.497 e. The molecule has 0 amide bonds. The maximum atomic E-state index is 9.16. The molecule has 1 aromatic carbocycles. The molecule has 0 atom stereocenters. The number of rotatable bonds is 2. The van der Waals surface area contributed by atoms with Crippen molar-refractivity contribution in [1.82, 2.24) is 4.57 Å². The normalized spacial score (nSPS) is 9.22. The lowest BCUT2D eigenvalue weighted by molar-refractivity contribution is 0.415. The average molecular weight is 246 g/mol. The Balaban J connectivity index is 0.00000144. The molecule has 0 radical (unpaired) electrons. The van der Waals surface area contributed by atoms with E-state index in [1.807, 2.05) is 25.1 Å². The zero-order valence-corrected chi connectivity index (χ0v) is 9.74. The summed E-state index contributed by atoms with van der Waals surface area (Å²) in [5.41, 5.74) is 2.85. The molecule has 0 saturated carbocycles. The van der Waals surface area contributed by atoms with Gasteiger partial charge in [0.25, 0.3) is 0 Å². The molecule has 0 aliphatic heterocycles. The van der Waals surface area contributed by atoms with Crippen LogP contribution in [0, 0.1) is 18.3 Å². The highest BCUT2D eigenvalue weighted by atomic mass is 16.5. The van der Waals surface area contributed by atoms with E-state index in [9.17, 15) is 0 Å². The molecule has 0 aliphatic carbocycles. The van der Waals surface area contributed by atoms with Crippen molar-refractivity contribution in [1.29, 1.82) is 5.26 Å². The monoisotopic (exact) mass is 246 g/mol. The van der Waals surface area contributed by atoms with Crippen LogP contribution in [-0.4, -0.2) is 11.7 Å². The number of benzene rings is 1. The third-order valence-electron chi connectivity index (χ3n) is 2.96. The number of fused-ring (bicyclic) bond motifs is 1. The summed E-state index contributed by atoms with van der Waals surface area (Å²) in [4.78, 5) is 0. The predicted octanol–water partition coefficient (Wildman–Crippen LogP) is 4.12. The fraction of sp³-hybridized carbons (Fsp3) is 0.400. The fourth-order valence-electron chi connectivity index (χ4n) is 2.13. The number of nitriles is 1. The minimum atomic E-state index is 0. The van der Waals surface area contributed by atoms with Crippen molar-refractivity contribution in [3.63, 3.8) is 0 Å². The quantitative estimate of drug-likeness (QED) is 0.799. The first kappa shape index (κ1) is 16.1. The van der Waals surface area contributed by atoms with E-state index in [4.69, 9.17) is 10.00 Å². The summed E-state index contributed by atoms with van der Waals surface area (Å²) in [5.74, 6) is 0.823. The molecule has 3 nitrogen and oxygen atoms in total. The molecule has 98 valence electrons. The van der Waals surface area contributed by atoms with Crippen LogP contribution in [0.3, 0.4) is 0 Å². The summed E-state index contributed by atoms with van der Waals surface area (Å²) in [6, 6.07) is 8.09. The van der Waals surface area contributed by atoms with Gasteiger partial charge in [-0.15, -0.1) is 0 Å². The Morgan fingerprint density at radius 1 is 1.33 bits per heavy atom. The van der Waals surface area contributed by atoms with Crippen LogP contribution in [0.5, 0.6) is 5.75 Å². The van der Waals surface area contributed by atoms with Gasteiger partial charge in [0.2, 0.25) is 0 Å². The van der Waals surface area contributed by atoms with Crippen LogP contribution in [-0.2, 0) is 6.54 Å². The lowest BCUT2D eigenvalue weighted by Gasteiger charge is -2.04. The smallest absolute Gasteiger partial charge is 0.120 e. The van der Waals surface area contributed by atoms with Crippen molar-refractivity contribution in [2.45, 2.75) is 35.2 Å². The molecule has 0 spiro atoms. The summed E-state index contributed by atoms with van der Waals surface area (Å²) in [6.45, 7) is 4.92. The highest BCUT2D eigenvalue weighted by Gasteiger charge is 2.12. The summed E-state index contributed by atoms with van der Waals surface area (Å²) in [6.07, 6.45) is 0. The Morgan fingerprint density at radius 2 is 2.00 bits per heavy atom. The minimum Gasteiger partial charge on any atom is -0.497 e. The van der Waals surface area contributed by atoms with Gasteiger partial charge in [0.15, 0.2) is 0 Å². The molecule has 2 rings (SSSR count). The van der Waals surface area contributed by atoms with Crippen LogP contribution in [0.2, 0.25) is 0 Å². The summed E-state index contributed by atoms with van der Waals surface area (Å²) in [7, 11) is 1.65. The molecule has 1 aromatic heterocycles. The average Bonchev–Trinajstić information content (AvgIpc) is 2.59. The van der Waals surface area contributed by atoms with Crippen LogP contribution in [0.1, 0.15) is 33.0 Å². The van der Waals surface area contributed by atoms with Crippen LogP contribution >= 0.6 is 0 Å². The molecule has 0 aliphatic rings. The second-order valence-electron chi connectivity index (χ2n) is 3.70. The van der Waals surface area contributed by atoms with Crippen LogP contribution < -0.4 is 4.74 Å². The number of aryl methyl sites for hydroxylation is 1. The van der Waals surface area contributed by atoms with Gasteiger partial charge in [-0.05, 0) is 26.0 Å². The van der Waals surface area contributed by atoms with Crippen molar-refractivity contribution in [2.75, 3.05) is 7.11 Å². The van der Waals surface area contributed by atoms with Gasteiger partial charge in [-0.25, -0.2) is 0 Å². The summed E-state index contributed by atoms with van der Waals surface area (Å²) < 4.78 is 7.34. The highest BCUT2D eigenvalue weighted by molar-refractivity contribution is 5.89. The van der Waals surface area contributed by atoms with Gasteiger partial charge in [-0.2, -0.15) is 5.26 Å². The number of methoxy groups -OCH3 is 1. The molecule has 2 aromatic rings. The highest BCUT2D eigenvalue weighted by Crippen LogP contribution is 2.28. The number of ether oxygens (including phenoxy) is 1. The van der Waals surface area contributed by atoms with Gasteiger partial charge >= 0.3 is 0 Å². The lowest BCUT2D eigenvalue weighted by Crippen LogP contribution is -1.96. The first-order valence-corrected chi connectivity index (χ1v) is 5.29. The molecular formula is C15H22N2O. The molecule has 0 bridgehead atoms. The zero-order valence-electron chi connectivity index (χ0n) is 9.74. The molecule has 0 N–H and O–H groups in total. The van der Waals surface area contributed by atoms with Gasteiger partial charge in [-0.3, -0.25) is 0 Å². The van der Waals surface area contributed by atoms with E-state index in [0.717, 1.165) is 34.5 Å².